The Morgan fingerprint density at radius 1 is 1.44 bits per heavy atom. The Morgan fingerprint density at radius 3 is 2.79 bits per heavy atom. The fourth-order valence-electron chi connectivity index (χ4n) is 3.50. The van der Waals surface area contributed by atoms with Gasteiger partial charge in [0.15, 0.2) is 10.8 Å². The molecule has 0 radical (unpaired) electrons. The Labute approximate surface area is 229 Å². The molecule has 4 N–H and O–H groups in total. The number of hydrogen-bond acceptors (Lipinski definition) is 11. The molecule has 4 rings (SSSR count). The van der Waals surface area contributed by atoms with Crippen LogP contribution in [0, 0.1) is 12.3 Å². The van der Waals surface area contributed by atoms with E-state index < -0.39 is 23.3 Å². The number of anilines is 1. The van der Waals surface area contributed by atoms with Crippen molar-refractivity contribution in [3.63, 3.8) is 0 Å². The number of nitrogens with two attached hydrogens (primary N) is 1. The van der Waals surface area contributed by atoms with Crippen molar-refractivity contribution in [2.45, 2.75) is 18.3 Å². The van der Waals surface area contributed by atoms with Crippen molar-refractivity contribution < 1.29 is 24.3 Å². The second kappa shape index (κ2) is 10.7. The van der Waals surface area contributed by atoms with E-state index >= 15 is 0 Å². The number of carbonyl (C=O) groups is 3. The van der Waals surface area contributed by atoms with Crippen LogP contribution in [0.4, 0.5) is 5.13 Å². The van der Waals surface area contributed by atoms with Crippen molar-refractivity contribution in [3.05, 3.63) is 33.2 Å². The number of oxime groups is 1. The van der Waals surface area contributed by atoms with Crippen LogP contribution in [0.2, 0.25) is 0 Å². The predicted octanol–water partition coefficient (Wildman–Crippen LogP) is 0.377. The first-order valence-electron chi connectivity index (χ1n) is 9.64. The van der Waals surface area contributed by atoms with E-state index in [2.05, 4.69) is 20.4 Å². The number of rotatable bonds is 7. The number of amides is 2. The van der Waals surface area contributed by atoms with Gasteiger partial charge in [0.1, 0.15) is 29.6 Å². The predicted molar refractivity (Wildman–Crippen MR) is 133 cm³/mol. The fraction of sp³-hybridized carbons (Fsp3) is 0.368. The summed E-state index contributed by atoms with van der Waals surface area (Å²) >= 11 is 3.87. The molecule has 3 atom stereocenters. The molecule has 0 saturated carbocycles. The summed E-state index contributed by atoms with van der Waals surface area (Å²) < 4.78 is 0. The van der Waals surface area contributed by atoms with E-state index in [1.54, 1.807) is 23.0 Å². The van der Waals surface area contributed by atoms with Crippen molar-refractivity contribution in [1.82, 2.24) is 20.2 Å². The molecule has 2 fully saturated rings. The van der Waals surface area contributed by atoms with E-state index in [9.17, 15) is 19.5 Å². The second-order valence-electron chi connectivity index (χ2n) is 7.41. The van der Waals surface area contributed by atoms with Crippen molar-refractivity contribution in [2.24, 2.45) is 10.6 Å². The van der Waals surface area contributed by atoms with Gasteiger partial charge in [-0.1, -0.05) is 11.2 Å². The topological polar surface area (TPSA) is 160 Å². The number of carboxylic acids is 1. The molecular formula is C19H21N6NaO5S3. The van der Waals surface area contributed by atoms with Crippen LogP contribution in [-0.4, -0.2) is 104 Å². The zero-order valence-corrected chi connectivity index (χ0v) is 20.0. The molecule has 2 amide bonds. The summed E-state index contributed by atoms with van der Waals surface area (Å²) in [6.45, 7) is 1.86. The summed E-state index contributed by atoms with van der Waals surface area (Å²) in [5.41, 5.74) is 7.06. The first-order chi connectivity index (χ1) is 15.8. The van der Waals surface area contributed by atoms with Crippen molar-refractivity contribution >= 4 is 98.7 Å². The standard InChI is InChI=1S/C19H20N6O5S3.Na.H/c1-9-11(33-8-21-9)3-4-19(17(28)29)6-25-15(27)13(16(25)32-7-19)23-14(26)12(24-30-2)10-5-31-18(20)22-10;;/h3-5,8,13,16H,6-7H2,1-2H3,(H2,20,22)(H,23,26)(H,28,29);;/t13?,16-,19?;;/m1../s1. The molecule has 0 aromatic carbocycles. The first kappa shape index (κ1) is 26.6. The normalized spacial score (nSPS) is 24.2. The number of β-lactam (4-membered cyclic amide) rings is 1. The summed E-state index contributed by atoms with van der Waals surface area (Å²) in [6, 6.07) is -0.806. The molecule has 0 bridgehead atoms. The van der Waals surface area contributed by atoms with Crippen LogP contribution in [0.25, 0.3) is 6.08 Å². The van der Waals surface area contributed by atoms with E-state index in [0.29, 0.717) is 0 Å². The third-order valence-corrected chi connectivity index (χ3v) is 8.44. The van der Waals surface area contributed by atoms with Gasteiger partial charge in [-0.25, -0.2) is 9.97 Å². The van der Waals surface area contributed by atoms with Crippen LogP contribution in [0.1, 0.15) is 16.3 Å². The van der Waals surface area contributed by atoms with E-state index in [0.717, 1.165) is 21.9 Å². The molecular weight excluding hydrogens is 511 g/mol. The van der Waals surface area contributed by atoms with Gasteiger partial charge in [0.05, 0.1) is 11.2 Å². The molecule has 2 unspecified atom stereocenters. The Balaban J connectivity index is 0.00000324. The van der Waals surface area contributed by atoms with Gasteiger partial charge >= 0.3 is 35.5 Å². The minimum absolute atomic E-state index is 0. The number of aliphatic carboxylic acids is 1. The molecule has 2 aromatic heterocycles. The van der Waals surface area contributed by atoms with Gasteiger partial charge in [-0.05, 0) is 13.0 Å². The minimum atomic E-state index is -1.23. The van der Waals surface area contributed by atoms with Crippen LogP contribution in [0.3, 0.4) is 0 Å². The van der Waals surface area contributed by atoms with Crippen molar-refractivity contribution in [3.8, 4) is 0 Å². The van der Waals surface area contributed by atoms with E-state index in [1.165, 1.54) is 35.1 Å². The molecule has 2 aromatic rings. The zero-order valence-electron chi connectivity index (χ0n) is 17.5. The molecule has 0 aliphatic carbocycles. The molecule has 4 heterocycles. The van der Waals surface area contributed by atoms with Gasteiger partial charge in [-0.15, -0.1) is 34.4 Å². The average molecular weight is 533 g/mol. The van der Waals surface area contributed by atoms with Crippen molar-refractivity contribution in [1.29, 1.82) is 0 Å². The number of carbonyl (C=O) groups excluding carboxylic acids is 2. The quantitative estimate of drug-likeness (QED) is 0.198. The Kier molecular flexibility index (Phi) is 8.42. The number of nitrogen functional groups attached to an aromatic ring is 1. The van der Waals surface area contributed by atoms with Gasteiger partial charge in [0, 0.05) is 22.6 Å². The third-order valence-electron chi connectivity index (χ3n) is 5.32. The third kappa shape index (κ3) is 5.02. The van der Waals surface area contributed by atoms with Crippen molar-refractivity contribution in [2.75, 3.05) is 25.1 Å². The molecule has 2 aliphatic rings. The second-order valence-corrected chi connectivity index (χ2v) is 10.3. The molecule has 0 spiro atoms. The summed E-state index contributed by atoms with van der Waals surface area (Å²) in [4.78, 5) is 53.1. The number of fused-ring (bicyclic) bond motifs is 1. The molecule has 34 heavy (non-hydrogen) atoms. The summed E-state index contributed by atoms with van der Waals surface area (Å²) in [5.74, 6) is -1.75. The monoisotopic (exact) mass is 532 g/mol. The fourth-order valence-corrected chi connectivity index (χ4v) is 6.26. The number of carboxylic acid groups (broad SMARTS) is 1. The number of aromatic nitrogens is 2. The van der Waals surface area contributed by atoms with Crippen LogP contribution >= 0.6 is 34.4 Å². The van der Waals surface area contributed by atoms with E-state index in [1.807, 2.05) is 6.92 Å². The molecule has 176 valence electrons. The van der Waals surface area contributed by atoms with E-state index in [-0.39, 0.29) is 69.7 Å². The van der Waals surface area contributed by atoms with Crippen LogP contribution in [0.5, 0.6) is 0 Å². The van der Waals surface area contributed by atoms with Crippen LogP contribution in [-0.2, 0) is 19.2 Å². The Bertz CT molecular complexity index is 1170. The van der Waals surface area contributed by atoms with Gasteiger partial charge in [-0.2, -0.15) is 0 Å². The van der Waals surface area contributed by atoms with Crippen LogP contribution in [0.15, 0.2) is 22.1 Å². The van der Waals surface area contributed by atoms with E-state index in [4.69, 9.17) is 10.6 Å². The van der Waals surface area contributed by atoms with Gasteiger partial charge in [0.25, 0.3) is 5.91 Å². The number of thiazole rings is 2. The number of hydrogen-bond donors (Lipinski definition) is 3. The summed E-state index contributed by atoms with van der Waals surface area (Å²) in [5, 5.41) is 17.8. The van der Waals surface area contributed by atoms with Gasteiger partial charge < -0.3 is 25.9 Å². The molecule has 2 saturated heterocycles. The number of thioether (sulfide) groups is 1. The number of aryl methyl sites for hydroxylation is 1. The maximum absolute atomic E-state index is 12.8. The molecule has 11 nitrogen and oxygen atoms in total. The Hall–Kier alpha value is -1.97. The molecule has 2 aliphatic heterocycles. The maximum atomic E-state index is 12.8. The zero-order chi connectivity index (χ0) is 23.8. The Morgan fingerprint density at radius 2 is 2.21 bits per heavy atom. The van der Waals surface area contributed by atoms with Gasteiger partial charge in [-0.3, -0.25) is 14.4 Å². The van der Waals surface area contributed by atoms with Crippen LogP contribution < -0.4 is 11.1 Å². The van der Waals surface area contributed by atoms with Gasteiger partial charge in [0.2, 0.25) is 5.91 Å². The number of nitrogens with zero attached hydrogens (tertiary/aromatic N) is 4. The summed E-state index contributed by atoms with van der Waals surface area (Å²) in [6.07, 6.45) is 3.38. The summed E-state index contributed by atoms with van der Waals surface area (Å²) in [7, 11) is 1.29. The first-order valence-corrected chi connectivity index (χ1v) is 12.4. The average Bonchev–Trinajstić information content (AvgIpc) is 3.41. The molecule has 15 heteroatoms. The number of nitrogens with one attached hydrogen (secondary N) is 1. The SMILES string of the molecule is CON=C(C(=O)NC1C(=O)N2CC(C=Cc3scnc3C)(C(=O)O)CS[C@H]12)c1csc(N)n1.[NaH].